The Morgan fingerprint density at radius 3 is 2.21 bits per heavy atom. The Kier molecular flexibility index (Phi) is 1.83. The summed E-state index contributed by atoms with van der Waals surface area (Å²) in [5, 5.41) is 17.7. The fourth-order valence-electron chi connectivity index (χ4n) is 2.80. The molecule has 5 heteroatoms. The summed E-state index contributed by atoms with van der Waals surface area (Å²) in [6.07, 6.45) is 0.679. The van der Waals surface area contributed by atoms with Gasteiger partial charge in [0.2, 0.25) is 0 Å². The van der Waals surface area contributed by atoms with Crippen LogP contribution in [0.3, 0.4) is 0 Å². The maximum atomic E-state index is 11.3. The van der Waals surface area contributed by atoms with Crippen molar-refractivity contribution in [1.29, 1.82) is 0 Å². The van der Waals surface area contributed by atoms with Gasteiger partial charge in [-0.1, -0.05) is 0 Å². The lowest BCUT2D eigenvalue weighted by atomic mass is 9.79. The van der Waals surface area contributed by atoms with Crippen LogP contribution in [0.25, 0.3) is 0 Å². The molecule has 2 fully saturated rings. The van der Waals surface area contributed by atoms with Crippen LogP contribution in [0, 0.1) is 23.7 Å². The molecule has 5 nitrogen and oxygen atoms in total. The van der Waals surface area contributed by atoms with Gasteiger partial charge in [0.05, 0.1) is 11.8 Å². The molecule has 0 aromatic heterocycles. The maximum Gasteiger partial charge on any atom is 0.308 e. The molecule has 2 rings (SSSR count). The molecule has 2 saturated carbocycles. The van der Waals surface area contributed by atoms with E-state index in [-0.39, 0.29) is 18.1 Å². The van der Waals surface area contributed by atoms with Crippen LogP contribution in [-0.4, -0.2) is 27.9 Å². The van der Waals surface area contributed by atoms with E-state index in [1.807, 2.05) is 0 Å². The summed E-state index contributed by atoms with van der Waals surface area (Å²) in [4.78, 5) is 32.9. The molecule has 0 amide bonds. The van der Waals surface area contributed by atoms with Gasteiger partial charge in [0.25, 0.3) is 0 Å². The van der Waals surface area contributed by atoms with Crippen LogP contribution in [0.1, 0.15) is 12.8 Å². The van der Waals surface area contributed by atoms with E-state index in [4.69, 9.17) is 10.2 Å². The highest BCUT2D eigenvalue weighted by molar-refractivity contribution is 5.94. The number of carbonyl (C=O) groups is 3. The van der Waals surface area contributed by atoms with E-state index in [9.17, 15) is 14.4 Å². The zero-order chi connectivity index (χ0) is 10.5. The van der Waals surface area contributed by atoms with Crippen LogP contribution in [0.2, 0.25) is 0 Å². The maximum absolute atomic E-state index is 11.3. The summed E-state index contributed by atoms with van der Waals surface area (Å²) in [6.45, 7) is 0. The van der Waals surface area contributed by atoms with Gasteiger partial charge in [0, 0.05) is 12.3 Å². The number of aliphatic carboxylic acids is 2. The van der Waals surface area contributed by atoms with Crippen LogP contribution < -0.4 is 0 Å². The Bertz CT molecular complexity index is 321. The molecular weight excluding hydrogens is 188 g/mol. The van der Waals surface area contributed by atoms with E-state index in [2.05, 4.69) is 0 Å². The minimum absolute atomic E-state index is 0.0834. The predicted octanol–water partition coefficient (Wildman–Crippen LogP) is -0.00310. The molecule has 2 bridgehead atoms. The predicted molar refractivity (Wildman–Crippen MR) is 43.5 cm³/mol. The second-order valence-electron chi connectivity index (χ2n) is 4.00. The van der Waals surface area contributed by atoms with E-state index >= 15 is 0 Å². The van der Waals surface area contributed by atoms with Gasteiger partial charge in [-0.05, 0) is 12.3 Å². The Morgan fingerprint density at radius 1 is 1.14 bits per heavy atom. The molecule has 0 heterocycles. The van der Waals surface area contributed by atoms with Crippen LogP contribution in [-0.2, 0) is 14.4 Å². The third-order valence-corrected chi connectivity index (χ3v) is 3.33. The van der Waals surface area contributed by atoms with Crippen molar-refractivity contribution in [2.24, 2.45) is 23.7 Å². The third kappa shape index (κ3) is 1.05. The molecule has 0 aliphatic heterocycles. The van der Waals surface area contributed by atoms with Gasteiger partial charge < -0.3 is 10.2 Å². The number of fused-ring (bicyclic) bond motifs is 2. The zero-order valence-corrected chi connectivity index (χ0v) is 7.34. The molecule has 76 valence electrons. The summed E-state index contributed by atoms with van der Waals surface area (Å²) in [5.41, 5.74) is 0. The largest absolute Gasteiger partial charge is 0.481 e. The molecule has 0 spiro atoms. The van der Waals surface area contributed by atoms with Gasteiger partial charge in [-0.25, -0.2) is 0 Å². The van der Waals surface area contributed by atoms with Crippen LogP contribution >= 0.6 is 0 Å². The lowest BCUT2D eigenvalue weighted by Crippen LogP contribution is -2.38. The highest BCUT2D eigenvalue weighted by Gasteiger charge is 2.58. The molecule has 14 heavy (non-hydrogen) atoms. The highest BCUT2D eigenvalue weighted by atomic mass is 16.4. The van der Waals surface area contributed by atoms with Crippen molar-refractivity contribution in [1.82, 2.24) is 0 Å². The standard InChI is InChI=1S/C9H10O5/c10-5-2-3-1-4(5)7(9(13)14)6(3)8(11)12/h3-4,6-7H,1-2H2,(H,11,12)(H,13,14)/t3-,4+,6-,7-/m1/s1. The van der Waals surface area contributed by atoms with Crippen LogP contribution in [0.4, 0.5) is 0 Å². The topological polar surface area (TPSA) is 91.7 Å². The first-order chi connectivity index (χ1) is 6.52. The summed E-state index contributed by atoms with van der Waals surface area (Å²) >= 11 is 0. The van der Waals surface area contributed by atoms with Crippen molar-refractivity contribution >= 4 is 17.7 Å². The highest BCUT2D eigenvalue weighted by Crippen LogP contribution is 2.50. The number of carboxylic acids is 2. The minimum Gasteiger partial charge on any atom is -0.481 e. The van der Waals surface area contributed by atoms with Crippen LogP contribution in [0.5, 0.6) is 0 Å². The molecule has 0 radical (unpaired) electrons. The van der Waals surface area contributed by atoms with Gasteiger partial charge in [-0.3, -0.25) is 14.4 Å². The summed E-state index contributed by atoms with van der Waals surface area (Å²) < 4.78 is 0. The smallest absolute Gasteiger partial charge is 0.308 e. The van der Waals surface area contributed by atoms with Gasteiger partial charge in [0.1, 0.15) is 5.78 Å². The van der Waals surface area contributed by atoms with E-state index < -0.39 is 29.7 Å². The first kappa shape index (κ1) is 9.18. The second kappa shape index (κ2) is 2.80. The Morgan fingerprint density at radius 2 is 1.71 bits per heavy atom. The number of rotatable bonds is 2. The molecule has 4 atom stereocenters. The van der Waals surface area contributed by atoms with Gasteiger partial charge in [-0.15, -0.1) is 0 Å². The van der Waals surface area contributed by atoms with Gasteiger partial charge in [-0.2, -0.15) is 0 Å². The monoisotopic (exact) mass is 198 g/mol. The van der Waals surface area contributed by atoms with Crippen molar-refractivity contribution in [3.63, 3.8) is 0 Å². The van der Waals surface area contributed by atoms with Crippen molar-refractivity contribution in [2.45, 2.75) is 12.8 Å². The normalized spacial score (nSPS) is 40.1. The number of carbonyl (C=O) groups excluding carboxylic acids is 1. The lowest BCUT2D eigenvalue weighted by molar-refractivity contribution is -0.158. The fourth-order valence-corrected chi connectivity index (χ4v) is 2.80. The number of hydrogen-bond donors (Lipinski definition) is 2. The summed E-state index contributed by atoms with van der Waals surface area (Å²) in [6, 6.07) is 0. The minimum atomic E-state index is -1.15. The van der Waals surface area contributed by atoms with E-state index in [1.165, 1.54) is 0 Å². The van der Waals surface area contributed by atoms with Crippen LogP contribution in [0.15, 0.2) is 0 Å². The molecule has 2 aliphatic rings. The molecule has 0 unspecified atom stereocenters. The molecular formula is C9H10O5. The van der Waals surface area contributed by atoms with Gasteiger partial charge in [0.15, 0.2) is 0 Å². The first-order valence-electron chi connectivity index (χ1n) is 4.50. The van der Waals surface area contributed by atoms with Gasteiger partial charge >= 0.3 is 11.9 Å². The van der Waals surface area contributed by atoms with Crippen molar-refractivity contribution in [3.05, 3.63) is 0 Å². The zero-order valence-electron chi connectivity index (χ0n) is 7.34. The molecule has 0 aromatic rings. The summed E-state index contributed by atoms with van der Waals surface area (Å²) in [5.74, 6) is -5.01. The Hall–Kier alpha value is -1.39. The quantitative estimate of drug-likeness (QED) is 0.651. The second-order valence-corrected chi connectivity index (χ2v) is 4.00. The molecule has 0 aromatic carbocycles. The summed E-state index contributed by atoms with van der Waals surface area (Å²) in [7, 11) is 0. The average Bonchev–Trinajstić information content (AvgIpc) is 2.58. The fraction of sp³-hybridized carbons (Fsp3) is 0.667. The number of Topliss-reactive ketones (excluding diaryl/α,β-unsaturated/α-hetero) is 1. The van der Waals surface area contributed by atoms with E-state index in [0.717, 1.165) is 0 Å². The Labute approximate surface area is 79.7 Å². The Balaban J connectivity index is 2.32. The van der Waals surface area contributed by atoms with Crippen molar-refractivity contribution in [2.75, 3.05) is 0 Å². The SMILES string of the molecule is O=C(O)[C@@H]1[C@H]2CC(=O)[C@H](C2)[C@H]1C(=O)O. The third-order valence-electron chi connectivity index (χ3n) is 3.33. The first-order valence-corrected chi connectivity index (χ1v) is 4.50. The van der Waals surface area contributed by atoms with E-state index in [1.54, 1.807) is 0 Å². The number of ketones is 1. The van der Waals surface area contributed by atoms with Crippen molar-refractivity contribution in [3.8, 4) is 0 Å². The molecule has 0 saturated heterocycles. The molecule has 2 N–H and O–H groups in total. The lowest BCUT2D eigenvalue weighted by Gasteiger charge is -2.23. The van der Waals surface area contributed by atoms with Crippen molar-refractivity contribution < 1.29 is 24.6 Å². The number of hydrogen-bond acceptors (Lipinski definition) is 3. The number of carboxylic acid groups (broad SMARTS) is 2. The average molecular weight is 198 g/mol. The molecule has 2 aliphatic carbocycles. The van der Waals surface area contributed by atoms with E-state index in [0.29, 0.717) is 6.42 Å².